The van der Waals surface area contributed by atoms with Gasteiger partial charge in [-0.3, -0.25) is 0 Å². The van der Waals surface area contributed by atoms with Crippen molar-refractivity contribution in [1.82, 2.24) is 15.3 Å². The average molecular weight is 203 g/mol. The number of aliphatic hydroxyl groups excluding tert-OH is 1. The van der Waals surface area contributed by atoms with Crippen LogP contribution in [0.15, 0.2) is 18.6 Å². The minimum absolute atomic E-state index is 0.234. The maximum Gasteiger partial charge on any atom is 0.282 e. The van der Waals surface area contributed by atoms with Crippen molar-refractivity contribution in [3.05, 3.63) is 24.3 Å². The second-order valence-electron chi connectivity index (χ2n) is 2.82. The zero-order valence-corrected chi connectivity index (χ0v) is 7.45. The molecule has 78 valence electrons. The molecule has 4 nitrogen and oxygen atoms in total. The van der Waals surface area contributed by atoms with Gasteiger partial charge in [0, 0.05) is 12.7 Å². The van der Waals surface area contributed by atoms with Gasteiger partial charge < -0.3 is 10.4 Å². The number of aliphatic hydroxyl groups is 1. The Morgan fingerprint density at radius 3 is 2.86 bits per heavy atom. The molecular weight excluding hydrogens is 192 g/mol. The van der Waals surface area contributed by atoms with E-state index in [9.17, 15) is 8.78 Å². The summed E-state index contributed by atoms with van der Waals surface area (Å²) in [6.07, 6.45) is 2.88. The van der Waals surface area contributed by atoms with Crippen LogP contribution in [0.5, 0.6) is 0 Å². The zero-order chi connectivity index (χ0) is 10.4. The van der Waals surface area contributed by atoms with Crippen molar-refractivity contribution in [2.24, 2.45) is 0 Å². The van der Waals surface area contributed by atoms with Crippen molar-refractivity contribution in [1.29, 1.82) is 0 Å². The Labute approximate surface area is 80.0 Å². The Bertz CT molecular complexity index is 269. The second kappa shape index (κ2) is 4.92. The Balaban J connectivity index is 2.29. The molecule has 0 atom stereocenters. The van der Waals surface area contributed by atoms with Crippen LogP contribution in [0.4, 0.5) is 8.78 Å². The molecule has 0 saturated heterocycles. The van der Waals surface area contributed by atoms with E-state index in [0.717, 1.165) is 0 Å². The summed E-state index contributed by atoms with van der Waals surface area (Å²) in [5.41, 5.74) is 0.633. The third-order valence-electron chi connectivity index (χ3n) is 1.56. The maximum atomic E-state index is 12.5. The number of nitrogens with zero attached hydrogens (tertiary/aromatic N) is 2. The smallest absolute Gasteiger partial charge is 0.282 e. The van der Waals surface area contributed by atoms with Crippen LogP contribution >= 0.6 is 0 Å². The number of hydrogen-bond acceptors (Lipinski definition) is 4. The van der Waals surface area contributed by atoms with Gasteiger partial charge in [0.15, 0.2) is 0 Å². The summed E-state index contributed by atoms with van der Waals surface area (Å²) in [6.45, 7) is -1.48. The highest BCUT2D eigenvalue weighted by atomic mass is 19.3. The minimum atomic E-state index is -3.08. The van der Waals surface area contributed by atoms with Gasteiger partial charge in [0.25, 0.3) is 5.92 Å². The van der Waals surface area contributed by atoms with E-state index in [4.69, 9.17) is 5.11 Å². The highest BCUT2D eigenvalue weighted by Gasteiger charge is 2.26. The van der Waals surface area contributed by atoms with E-state index >= 15 is 0 Å². The highest BCUT2D eigenvalue weighted by molar-refractivity contribution is 4.97. The molecule has 2 N–H and O–H groups in total. The molecule has 0 saturated carbocycles. The lowest BCUT2D eigenvalue weighted by Gasteiger charge is -2.13. The van der Waals surface area contributed by atoms with E-state index in [-0.39, 0.29) is 6.54 Å². The van der Waals surface area contributed by atoms with Crippen molar-refractivity contribution < 1.29 is 13.9 Å². The van der Waals surface area contributed by atoms with Gasteiger partial charge in [-0.1, -0.05) is 0 Å². The van der Waals surface area contributed by atoms with Crippen LogP contribution in [0.2, 0.25) is 0 Å². The molecule has 6 heteroatoms. The first-order valence-electron chi connectivity index (χ1n) is 4.08. The van der Waals surface area contributed by atoms with E-state index in [1.165, 1.54) is 12.5 Å². The van der Waals surface area contributed by atoms with Gasteiger partial charge in [-0.15, -0.1) is 0 Å². The van der Waals surface area contributed by atoms with E-state index in [2.05, 4.69) is 15.3 Å². The molecule has 0 radical (unpaired) electrons. The molecule has 0 amide bonds. The van der Waals surface area contributed by atoms with Crippen LogP contribution in [-0.2, 0) is 6.54 Å². The third-order valence-corrected chi connectivity index (χ3v) is 1.56. The summed E-state index contributed by atoms with van der Waals surface area (Å²) < 4.78 is 25.0. The molecule has 1 rings (SSSR count). The number of rotatable bonds is 5. The van der Waals surface area contributed by atoms with E-state index in [0.29, 0.717) is 5.69 Å². The summed E-state index contributed by atoms with van der Waals surface area (Å²) in [5.74, 6) is -3.08. The first-order valence-corrected chi connectivity index (χ1v) is 4.08. The fourth-order valence-electron chi connectivity index (χ4n) is 0.852. The monoisotopic (exact) mass is 203 g/mol. The fourth-order valence-corrected chi connectivity index (χ4v) is 0.852. The largest absolute Gasteiger partial charge is 0.390 e. The summed E-state index contributed by atoms with van der Waals surface area (Å²) >= 11 is 0. The summed E-state index contributed by atoms with van der Waals surface area (Å²) in [7, 11) is 0. The van der Waals surface area contributed by atoms with Gasteiger partial charge in [-0.25, -0.2) is 18.7 Å². The van der Waals surface area contributed by atoms with Crippen molar-refractivity contribution in [2.45, 2.75) is 12.5 Å². The summed E-state index contributed by atoms with van der Waals surface area (Å²) in [5, 5.41) is 10.8. The van der Waals surface area contributed by atoms with Gasteiger partial charge in [0.2, 0.25) is 0 Å². The Morgan fingerprint density at radius 2 is 2.29 bits per heavy atom. The molecule has 0 aromatic carbocycles. The topological polar surface area (TPSA) is 58.0 Å². The van der Waals surface area contributed by atoms with Crippen LogP contribution in [0.25, 0.3) is 0 Å². The summed E-state index contributed by atoms with van der Waals surface area (Å²) in [6, 6.07) is 1.63. The number of nitrogens with one attached hydrogen (secondary N) is 1. The summed E-state index contributed by atoms with van der Waals surface area (Å²) in [4.78, 5) is 7.53. The molecule has 0 fully saturated rings. The van der Waals surface area contributed by atoms with Gasteiger partial charge in [-0.05, 0) is 6.07 Å². The highest BCUT2D eigenvalue weighted by Crippen LogP contribution is 2.09. The van der Waals surface area contributed by atoms with Crippen molar-refractivity contribution in [3.8, 4) is 0 Å². The van der Waals surface area contributed by atoms with E-state index in [1.807, 2.05) is 0 Å². The van der Waals surface area contributed by atoms with Gasteiger partial charge in [0.1, 0.15) is 12.9 Å². The number of halogens is 2. The van der Waals surface area contributed by atoms with Gasteiger partial charge in [0.05, 0.1) is 12.2 Å². The molecule has 14 heavy (non-hydrogen) atoms. The van der Waals surface area contributed by atoms with Crippen molar-refractivity contribution in [3.63, 3.8) is 0 Å². The standard InChI is InChI=1S/C8H11F2N3O/c9-8(10,5-14)4-12-3-7-1-2-11-6-13-7/h1-2,6,12,14H,3-5H2. The second-order valence-corrected chi connectivity index (χ2v) is 2.82. The van der Waals surface area contributed by atoms with Gasteiger partial charge in [-0.2, -0.15) is 0 Å². The lowest BCUT2D eigenvalue weighted by Crippen LogP contribution is -2.35. The molecule has 0 spiro atoms. The maximum absolute atomic E-state index is 12.5. The lowest BCUT2D eigenvalue weighted by molar-refractivity contribution is -0.0478. The average Bonchev–Trinajstić information content (AvgIpc) is 2.19. The zero-order valence-electron chi connectivity index (χ0n) is 7.45. The molecule has 0 bridgehead atoms. The molecule has 0 aliphatic carbocycles. The van der Waals surface area contributed by atoms with Crippen LogP contribution in [-0.4, -0.2) is 34.1 Å². The Hall–Kier alpha value is -1.14. The third kappa shape index (κ3) is 3.71. The minimum Gasteiger partial charge on any atom is -0.390 e. The van der Waals surface area contributed by atoms with Crippen molar-refractivity contribution >= 4 is 0 Å². The van der Waals surface area contributed by atoms with Crippen LogP contribution in [0, 0.1) is 0 Å². The number of aromatic nitrogens is 2. The first kappa shape index (κ1) is 10.9. The molecule has 0 aliphatic heterocycles. The van der Waals surface area contributed by atoms with Crippen LogP contribution in [0.3, 0.4) is 0 Å². The number of alkyl halides is 2. The fraction of sp³-hybridized carbons (Fsp3) is 0.500. The Morgan fingerprint density at radius 1 is 1.50 bits per heavy atom. The first-order chi connectivity index (χ1) is 6.64. The number of hydrogen-bond donors (Lipinski definition) is 2. The lowest BCUT2D eigenvalue weighted by atomic mass is 10.3. The van der Waals surface area contributed by atoms with Crippen LogP contribution < -0.4 is 5.32 Å². The molecule has 1 aromatic rings. The predicted octanol–water partition coefficient (Wildman–Crippen LogP) is 0.194. The predicted molar refractivity (Wildman–Crippen MR) is 45.8 cm³/mol. The molecule has 1 aromatic heterocycles. The van der Waals surface area contributed by atoms with E-state index < -0.39 is 19.1 Å². The quantitative estimate of drug-likeness (QED) is 0.717. The molecular formula is C8H11F2N3O. The molecule has 0 unspecified atom stereocenters. The van der Waals surface area contributed by atoms with E-state index in [1.54, 1.807) is 6.07 Å². The Kier molecular flexibility index (Phi) is 3.84. The van der Waals surface area contributed by atoms with Crippen molar-refractivity contribution in [2.75, 3.05) is 13.2 Å². The molecule has 1 heterocycles. The molecule has 0 aliphatic rings. The van der Waals surface area contributed by atoms with Crippen LogP contribution in [0.1, 0.15) is 5.69 Å². The van der Waals surface area contributed by atoms with Gasteiger partial charge >= 0.3 is 0 Å². The SMILES string of the molecule is OCC(F)(F)CNCc1ccncn1. The normalized spacial score (nSPS) is 11.6.